The summed E-state index contributed by atoms with van der Waals surface area (Å²) in [7, 11) is -3.60. The fraction of sp³-hybridized carbons (Fsp3) is 0.769. The van der Waals surface area contributed by atoms with E-state index in [2.05, 4.69) is 5.10 Å². The van der Waals surface area contributed by atoms with Gasteiger partial charge in [0.1, 0.15) is 4.90 Å². The number of sulfonamides is 1. The van der Waals surface area contributed by atoms with E-state index >= 15 is 0 Å². The first-order valence-electron chi connectivity index (χ1n) is 7.43. The van der Waals surface area contributed by atoms with Gasteiger partial charge in [-0.05, 0) is 26.2 Å². The van der Waals surface area contributed by atoms with Gasteiger partial charge in [0, 0.05) is 32.4 Å². The SMILES string of the molecule is CCCn1cc(S(=O)(=O)N2CCCC(OCC)C2)c(N)n1. The van der Waals surface area contributed by atoms with Gasteiger partial charge in [-0.15, -0.1) is 0 Å². The summed E-state index contributed by atoms with van der Waals surface area (Å²) < 4.78 is 34.0. The largest absolute Gasteiger partial charge is 0.381 e. The van der Waals surface area contributed by atoms with Gasteiger partial charge in [0.15, 0.2) is 5.82 Å². The molecule has 2 heterocycles. The van der Waals surface area contributed by atoms with Crippen molar-refractivity contribution in [1.29, 1.82) is 0 Å². The van der Waals surface area contributed by atoms with Gasteiger partial charge < -0.3 is 10.5 Å². The molecule has 1 unspecified atom stereocenters. The van der Waals surface area contributed by atoms with Crippen LogP contribution in [0, 0.1) is 0 Å². The molecule has 0 aromatic carbocycles. The monoisotopic (exact) mass is 316 g/mol. The minimum atomic E-state index is -3.60. The predicted octanol–water partition coefficient (Wildman–Crippen LogP) is 1.06. The van der Waals surface area contributed by atoms with Crippen LogP contribution in [0.5, 0.6) is 0 Å². The van der Waals surface area contributed by atoms with Gasteiger partial charge in [0.2, 0.25) is 10.0 Å². The molecule has 0 spiro atoms. The Kier molecular flexibility index (Phi) is 5.23. The van der Waals surface area contributed by atoms with Crippen LogP contribution in [0.3, 0.4) is 0 Å². The third-order valence-electron chi connectivity index (χ3n) is 3.57. The highest BCUT2D eigenvalue weighted by molar-refractivity contribution is 7.89. The Morgan fingerprint density at radius 1 is 1.48 bits per heavy atom. The molecule has 0 amide bonds. The summed E-state index contributed by atoms with van der Waals surface area (Å²) >= 11 is 0. The first kappa shape index (κ1) is 16.3. The van der Waals surface area contributed by atoms with Crippen molar-refractivity contribution in [1.82, 2.24) is 14.1 Å². The van der Waals surface area contributed by atoms with Crippen LogP contribution in [0.4, 0.5) is 5.82 Å². The number of piperidine rings is 1. The average Bonchev–Trinajstić information content (AvgIpc) is 2.81. The van der Waals surface area contributed by atoms with Crippen molar-refractivity contribution in [3.05, 3.63) is 6.20 Å². The highest BCUT2D eigenvalue weighted by Crippen LogP contribution is 2.25. The Balaban J connectivity index is 2.20. The molecule has 1 aromatic rings. The van der Waals surface area contributed by atoms with Gasteiger partial charge in [-0.25, -0.2) is 8.42 Å². The van der Waals surface area contributed by atoms with Gasteiger partial charge in [-0.1, -0.05) is 6.92 Å². The van der Waals surface area contributed by atoms with Crippen LogP contribution >= 0.6 is 0 Å². The molecule has 0 aliphatic carbocycles. The van der Waals surface area contributed by atoms with Gasteiger partial charge in [-0.2, -0.15) is 9.40 Å². The van der Waals surface area contributed by atoms with Crippen LogP contribution in [0.25, 0.3) is 0 Å². The van der Waals surface area contributed by atoms with Gasteiger partial charge >= 0.3 is 0 Å². The predicted molar refractivity (Wildman–Crippen MR) is 80.3 cm³/mol. The molecule has 1 aliphatic heterocycles. The number of hydrogen-bond donors (Lipinski definition) is 1. The van der Waals surface area contributed by atoms with Gasteiger partial charge in [-0.3, -0.25) is 4.68 Å². The molecule has 2 N–H and O–H groups in total. The minimum Gasteiger partial charge on any atom is -0.381 e. The van der Waals surface area contributed by atoms with E-state index in [1.807, 2.05) is 13.8 Å². The van der Waals surface area contributed by atoms with Crippen LogP contribution < -0.4 is 5.73 Å². The molecule has 1 fully saturated rings. The van der Waals surface area contributed by atoms with E-state index in [0.29, 0.717) is 26.2 Å². The third-order valence-corrected chi connectivity index (χ3v) is 5.45. The molecule has 1 saturated heterocycles. The highest BCUT2D eigenvalue weighted by Gasteiger charge is 2.33. The Morgan fingerprint density at radius 2 is 2.24 bits per heavy atom. The first-order chi connectivity index (χ1) is 9.98. The fourth-order valence-corrected chi connectivity index (χ4v) is 4.16. The Bertz CT molecular complexity index is 568. The lowest BCUT2D eigenvalue weighted by Crippen LogP contribution is -2.43. The summed E-state index contributed by atoms with van der Waals surface area (Å²) in [5.41, 5.74) is 5.79. The lowest BCUT2D eigenvalue weighted by atomic mass is 10.1. The summed E-state index contributed by atoms with van der Waals surface area (Å²) in [5, 5.41) is 4.07. The van der Waals surface area contributed by atoms with Crippen molar-refractivity contribution >= 4 is 15.8 Å². The van der Waals surface area contributed by atoms with E-state index < -0.39 is 10.0 Å². The lowest BCUT2D eigenvalue weighted by Gasteiger charge is -2.31. The zero-order valence-corrected chi connectivity index (χ0v) is 13.5. The molecule has 1 aromatic heterocycles. The van der Waals surface area contributed by atoms with Crippen LogP contribution in [0.1, 0.15) is 33.1 Å². The van der Waals surface area contributed by atoms with E-state index in [4.69, 9.17) is 10.5 Å². The molecule has 2 rings (SSSR count). The number of aryl methyl sites for hydroxylation is 1. The van der Waals surface area contributed by atoms with E-state index in [1.54, 1.807) is 4.68 Å². The summed E-state index contributed by atoms with van der Waals surface area (Å²) in [6, 6.07) is 0. The number of nitrogens with two attached hydrogens (primary N) is 1. The lowest BCUT2D eigenvalue weighted by molar-refractivity contribution is 0.0265. The van der Waals surface area contributed by atoms with Crippen molar-refractivity contribution in [2.24, 2.45) is 0 Å². The molecule has 0 radical (unpaired) electrons. The van der Waals surface area contributed by atoms with E-state index in [-0.39, 0.29) is 16.8 Å². The second kappa shape index (κ2) is 6.76. The number of rotatable bonds is 6. The van der Waals surface area contributed by atoms with Crippen LogP contribution in [-0.4, -0.2) is 48.3 Å². The molecule has 120 valence electrons. The quantitative estimate of drug-likeness (QED) is 0.847. The van der Waals surface area contributed by atoms with Gasteiger partial charge in [0.05, 0.1) is 6.10 Å². The molecule has 1 aliphatic rings. The standard InChI is InChI=1S/C13H24N4O3S/c1-3-7-16-10-12(13(14)15-16)21(18,19)17-8-5-6-11(9-17)20-4-2/h10-11H,3-9H2,1-2H3,(H2,14,15). The molecular formula is C13H24N4O3S. The summed E-state index contributed by atoms with van der Waals surface area (Å²) in [6.07, 6.45) is 4.05. The second-order valence-electron chi connectivity index (χ2n) is 5.22. The number of aromatic nitrogens is 2. The zero-order chi connectivity index (χ0) is 15.5. The maximum atomic E-state index is 12.7. The molecule has 0 bridgehead atoms. The first-order valence-corrected chi connectivity index (χ1v) is 8.87. The van der Waals surface area contributed by atoms with E-state index in [9.17, 15) is 8.42 Å². The summed E-state index contributed by atoms with van der Waals surface area (Å²) in [6.45, 7) is 6.05. The summed E-state index contributed by atoms with van der Waals surface area (Å²) in [5.74, 6) is 0.0713. The Labute approximate surface area is 126 Å². The smallest absolute Gasteiger partial charge is 0.248 e. The maximum Gasteiger partial charge on any atom is 0.248 e. The van der Waals surface area contributed by atoms with Crippen molar-refractivity contribution in [2.75, 3.05) is 25.4 Å². The van der Waals surface area contributed by atoms with Crippen molar-refractivity contribution < 1.29 is 13.2 Å². The van der Waals surface area contributed by atoms with E-state index in [0.717, 1.165) is 19.3 Å². The average molecular weight is 316 g/mol. The zero-order valence-electron chi connectivity index (χ0n) is 12.7. The summed E-state index contributed by atoms with van der Waals surface area (Å²) in [4.78, 5) is 0.105. The molecule has 21 heavy (non-hydrogen) atoms. The number of nitrogen functional groups attached to an aromatic ring is 1. The van der Waals surface area contributed by atoms with Crippen LogP contribution in [0.15, 0.2) is 11.1 Å². The number of hydrogen-bond acceptors (Lipinski definition) is 5. The normalized spacial score (nSPS) is 20.8. The molecular weight excluding hydrogens is 292 g/mol. The Hall–Kier alpha value is -1.12. The molecule has 1 atom stereocenters. The van der Waals surface area contributed by atoms with Crippen molar-refractivity contribution in [3.63, 3.8) is 0 Å². The number of nitrogens with zero attached hydrogens (tertiary/aromatic N) is 3. The van der Waals surface area contributed by atoms with Crippen LogP contribution in [0.2, 0.25) is 0 Å². The maximum absolute atomic E-state index is 12.7. The molecule has 8 heteroatoms. The number of anilines is 1. The van der Waals surface area contributed by atoms with Crippen molar-refractivity contribution in [3.8, 4) is 0 Å². The van der Waals surface area contributed by atoms with Gasteiger partial charge in [0.25, 0.3) is 0 Å². The third kappa shape index (κ3) is 3.56. The highest BCUT2D eigenvalue weighted by atomic mass is 32.2. The number of ether oxygens (including phenoxy) is 1. The second-order valence-corrected chi connectivity index (χ2v) is 7.13. The minimum absolute atomic E-state index is 0.0366. The van der Waals surface area contributed by atoms with E-state index in [1.165, 1.54) is 10.5 Å². The van der Waals surface area contributed by atoms with Crippen molar-refractivity contribution in [2.45, 2.75) is 50.7 Å². The van der Waals surface area contributed by atoms with Crippen LogP contribution in [-0.2, 0) is 21.3 Å². The molecule has 7 nitrogen and oxygen atoms in total. The Morgan fingerprint density at radius 3 is 2.90 bits per heavy atom. The molecule has 0 saturated carbocycles. The fourth-order valence-electron chi connectivity index (χ4n) is 2.59. The topological polar surface area (TPSA) is 90.5 Å².